The van der Waals surface area contributed by atoms with Crippen molar-refractivity contribution in [3.05, 3.63) is 53.8 Å². The highest BCUT2D eigenvalue weighted by Gasteiger charge is 2.39. The molecule has 2 aromatic carbocycles. The van der Waals surface area contributed by atoms with Gasteiger partial charge in [0.25, 0.3) is 5.91 Å². The fourth-order valence-electron chi connectivity index (χ4n) is 4.41. The molecule has 1 fully saturated rings. The van der Waals surface area contributed by atoms with Gasteiger partial charge >= 0.3 is 6.03 Å². The third-order valence-corrected chi connectivity index (χ3v) is 6.16. The highest BCUT2D eigenvalue weighted by molar-refractivity contribution is 6.02. The molecule has 186 valence electrons. The Kier molecular flexibility index (Phi) is 7.50. The molecule has 1 saturated heterocycles. The van der Waals surface area contributed by atoms with Crippen molar-refractivity contribution in [3.8, 4) is 5.75 Å². The van der Waals surface area contributed by atoms with Crippen molar-refractivity contribution >= 4 is 29.2 Å². The summed E-state index contributed by atoms with van der Waals surface area (Å²) in [5, 5.41) is 8.09. The molecule has 4 amide bonds. The van der Waals surface area contributed by atoms with Crippen LogP contribution in [0.2, 0.25) is 0 Å². The first-order valence-electron chi connectivity index (χ1n) is 11.6. The molecule has 0 unspecified atom stereocenters. The summed E-state index contributed by atoms with van der Waals surface area (Å²) >= 11 is 0. The van der Waals surface area contributed by atoms with Crippen molar-refractivity contribution < 1.29 is 28.2 Å². The molecule has 2 heterocycles. The predicted octanol–water partition coefficient (Wildman–Crippen LogP) is 3.38. The van der Waals surface area contributed by atoms with Gasteiger partial charge in [-0.1, -0.05) is 0 Å². The van der Waals surface area contributed by atoms with Gasteiger partial charge in [-0.05, 0) is 62.2 Å². The lowest BCUT2D eigenvalue weighted by Crippen LogP contribution is -2.54. The average Bonchev–Trinajstić information content (AvgIpc) is 2.83. The maximum atomic E-state index is 13.3. The number of hydrogen-bond acceptors (Lipinski definition) is 5. The van der Waals surface area contributed by atoms with Crippen LogP contribution >= 0.6 is 0 Å². The molecule has 2 aliphatic heterocycles. The van der Waals surface area contributed by atoms with Gasteiger partial charge in [0.05, 0.1) is 24.1 Å². The van der Waals surface area contributed by atoms with Crippen molar-refractivity contribution in [1.82, 2.24) is 10.2 Å². The third kappa shape index (κ3) is 5.89. The predicted molar refractivity (Wildman–Crippen MR) is 128 cm³/mol. The summed E-state index contributed by atoms with van der Waals surface area (Å²) in [7, 11) is 1.73. The van der Waals surface area contributed by atoms with Crippen LogP contribution in [0.25, 0.3) is 0 Å². The van der Waals surface area contributed by atoms with Crippen LogP contribution in [0, 0.1) is 5.82 Å². The molecular weight excluding hydrogens is 455 g/mol. The Morgan fingerprint density at radius 1 is 1.09 bits per heavy atom. The number of nitrogens with one attached hydrogen (secondary N) is 3. The van der Waals surface area contributed by atoms with E-state index in [4.69, 9.17) is 9.47 Å². The number of halogens is 1. The first-order valence-corrected chi connectivity index (χ1v) is 11.6. The minimum atomic E-state index is -0.525. The van der Waals surface area contributed by atoms with Crippen molar-refractivity contribution in [3.63, 3.8) is 0 Å². The molecule has 2 aromatic rings. The van der Waals surface area contributed by atoms with Crippen molar-refractivity contribution in [2.24, 2.45) is 0 Å². The molecule has 0 radical (unpaired) electrons. The maximum Gasteiger partial charge on any atom is 0.323 e. The Balaban J connectivity index is 1.44. The van der Waals surface area contributed by atoms with E-state index in [0.29, 0.717) is 42.1 Å². The lowest BCUT2D eigenvalue weighted by molar-refractivity contribution is -0.133. The van der Waals surface area contributed by atoms with Crippen LogP contribution in [0.5, 0.6) is 5.75 Å². The van der Waals surface area contributed by atoms with E-state index in [0.717, 1.165) is 0 Å². The Labute approximate surface area is 203 Å². The van der Waals surface area contributed by atoms with Gasteiger partial charge in [-0.15, -0.1) is 0 Å². The number of ether oxygens (including phenoxy) is 2. The highest BCUT2D eigenvalue weighted by atomic mass is 19.1. The van der Waals surface area contributed by atoms with E-state index >= 15 is 0 Å². The summed E-state index contributed by atoms with van der Waals surface area (Å²) < 4.78 is 25.2. The fraction of sp³-hybridized carbons (Fsp3) is 0.400. The van der Waals surface area contributed by atoms with Crippen LogP contribution in [0.15, 0.2) is 42.5 Å². The van der Waals surface area contributed by atoms with Crippen LogP contribution in [0.3, 0.4) is 0 Å². The molecule has 0 aliphatic carbocycles. The Morgan fingerprint density at radius 3 is 2.54 bits per heavy atom. The van der Waals surface area contributed by atoms with E-state index in [1.54, 1.807) is 30.1 Å². The van der Waals surface area contributed by atoms with E-state index in [1.165, 1.54) is 24.3 Å². The topological polar surface area (TPSA) is 109 Å². The van der Waals surface area contributed by atoms with Crippen LogP contribution in [0.4, 0.5) is 20.6 Å². The van der Waals surface area contributed by atoms with E-state index in [9.17, 15) is 18.8 Å². The number of nitrogens with zero attached hydrogens (tertiary/aromatic N) is 1. The van der Waals surface area contributed by atoms with Gasteiger partial charge in [-0.25, -0.2) is 9.18 Å². The van der Waals surface area contributed by atoms with E-state index in [-0.39, 0.29) is 43.1 Å². The number of carbonyl (C=O) groups excluding carboxylic acids is 3. The van der Waals surface area contributed by atoms with Crippen LogP contribution < -0.4 is 20.7 Å². The molecule has 2 aliphatic rings. The van der Waals surface area contributed by atoms with Gasteiger partial charge in [-0.3, -0.25) is 9.59 Å². The lowest BCUT2D eigenvalue weighted by Gasteiger charge is -2.42. The van der Waals surface area contributed by atoms with Gasteiger partial charge in [-0.2, -0.15) is 0 Å². The molecule has 4 rings (SSSR count). The summed E-state index contributed by atoms with van der Waals surface area (Å²) in [6.07, 6.45) is 1.05. The minimum Gasteiger partial charge on any atom is -0.490 e. The molecule has 0 spiro atoms. The molecular formula is C25H29FN4O5. The molecule has 3 atom stereocenters. The smallest absolute Gasteiger partial charge is 0.323 e. The quantitative estimate of drug-likeness (QED) is 0.603. The molecule has 3 N–H and O–H groups in total. The zero-order valence-corrected chi connectivity index (χ0v) is 19.7. The van der Waals surface area contributed by atoms with Crippen molar-refractivity contribution in [2.45, 2.75) is 44.4 Å². The number of carbonyl (C=O) groups is 3. The van der Waals surface area contributed by atoms with Gasteiger partial charge in [0, 0.05) is 25.0 Å². The second-order valence-electron chi connectivity index (χ2n) is 8.62. The monoisotopic (exact) mass is 484 g/mol. The van der Waals surface area contributed by atoms with Gasteiger partial charge in [0.2, 0.25) is 5.91 Å². The van der Waals surface area contributed by atoms with Crippen molar-refractivity contribution in [2.75, 3.05) is 30.8 Å². The number of fused-ring (bicyclic) bond motifs is 2. The second-order valence-corrected chi connectivity index (χ2v) is 8.62. The molecule has 0 aromatic heterocycles. The average molecular weight is 485 g/mol. The van der Waals surface area contributed by atoms with Gasteiger partial charge in [0.15, 0.2) is 0 Å². The standard InChI is InChI=1S/C25H29FN4O5/c1-3-27-23(31)13-18-9-10-20-22(35-18)14-34-21-11-8-17(12-19(21)24(32)30(20)2)29-25(33)28-16-6-4-15(26)5-7-16/h4-8,11-12,18,20,22H,3,9-10,13-14H2,1-2H3,(H,27,31)(H2,28,29,33)/t18-,20-,22+/m0/s1. The molecule has 0 saturated carbocycles. The Bertz CT molecular complexity index is 1090. The zero-order valence-electron chi connectivity index (χ0n) is 19.7. The molecule has 10 heteroatoms. The summed E-state index contributed by atoms with van der Waals surface area (Å²) in [6, 6.07) is 9.51. The van der Waals surface area contributed by atoms with Crippen LogP contribution in [-0.4, -0.2) is 61.2 Å². The minimum absolute atomic E-state index is 0.0546. The van der Waals surface area contributed by atoms with E-state index in [1.807, 2.05) is 6.92 Å². The summed E-state index contributed by atoms with van der Waals surface area (Å²) in [5.74, 6) is -0.313. The third-order valence-electron chi connectivity index (χ3n) is 6.16. The summed E-state index contributed by atoms with van der Waals surface area (Å²) in [4.78, 5) is 39.3. The van der Waals surface area contributed by atoms with Crippen molar-refractivity contribution in [1.29, 1.82) is 0 Å². The number of rotatable bonds is 5. The number of benzene rings is 2. The largest absolute Gasteiger partial charge is 0.490 e. The first-order chi connectivity index (χ1) is 16.8. The van der Waals surface area contributed by atoms with Gasteiger partial charge in [0.1, 0.15) is 24.3 Å². The number of hydrogen-bond donors (Lipinski definition) is 3. The number of amides is 4. The zero-order chi connectivity index (χ0) is 24.9. The SMILES string of the molecule is CCNC(=O)C[C@@H]1CC[C@H]2[C@@H](COc3ccc(NC(=O)Nc4ccc(F)cc4)cc3C(=O)N2C)O1. The van der Waals surface area contributed by atoms with Crippen LogP contribution in [0.1, 0.15) is 36.5 Å². The Morgan fingerprint density at radius 2 is 1.80 bits per heavy atom. The summed E-state index contributed by atoms with van der Waals surface area (Å²) in [5.41, 5.74) is 1.17. The second kappa shape index (κ2) is 10.7. The number of urea groups is 1. The first kappa shape index (κ1) is 24.5. The number of likely N-dealkylation sites (N-methyl/N-ethyl adjacent to an activating group) is 1. The molecule has 0 bridgehead atoms. The lowest BCUT2D eigenvalue weighted by atomic mass is 9.94. The van der Waals surface area contributed by atoms with E-state index < -0.39 is 11.8 Å². The maximum absolute atomic E-state index is 13.3. The Hall–Kier alpha value is -3.66. The number of anilines is 2. The highest BCUT2D eigenvalue weighted by Crippen LogP contribution is 2.32. The summed E-state index contributed by atoms with van der Waals surface area (Å²) in [6.45, 7) is 2.67. The van der Waals surface area contributed by atoms with E-state index in [2.05, 4.69) is 16.0 Å². The fourth-order valence-corrected chi connectivity index (χ4v) is 4.41. The van der Waals surface area contributed by atoms with Crippen LogP contribution in [-0.2, 0) is 9.53 Å². The molecule has 35 heavy (non-hydrogen) atoms. The normalized spacial score (nSPS) is 21.5. The molecule has 9 nitrogen and oxygen atoms in total. The van der Waals surface area contributed by atoms with Gasteiger partial charge < -0.3 is 30.3 Å².